The first kappa shape index (κ1) is 12.4. The summed E-state index contributed by atoms with van der Waals surface area (Å²) in [6, 6.07) is 0.775. The summed E-state index contributed by atoms with van der Waals surface area (Å²) in [6.45, 7) is 8.77. The van der Waals surface area contributed by atoms with Gasteiger partial charge in [-0.25, -0.2) is 0 Å². The van der Waals surface area contributed by atoms with Gasteiger partial charge in [-0.05, 0) is 44.2 Å². The van der Waals surface area contributed by atoms with E-state index in [1.165, 1.54) is 51.7 Å². The molecule has 0 bridgehead atoms. The van der Waals surface area contributed by atoms with Gasteiger partial charge in [0.25, 0.3) is 0 Å². The minimum atomic E-state index is 0.559. The van der Waals surface area contributed by atoms with Crippen molar-refractivity contribution < 1.29 is 0 Å². The molecule has 2 unspecified atom stereocenters. The zero-order valence-electron chi connectivity index (χ0n) is 11.3. The molecule has 0 aromatic heterocycles. The molecule has 0 amide bonds. The third-order valence-corrected chi connectivity index (χ3v) is 4.53. The van der Waals surface area contributed by atoms with Crippen LogP contribution in [0.15, 0.2) is 0 Å². The van der Waals surface area contributed by atoms with Gasteiger partial charge in [-0.1, -0.05) is 26.7 Å². The van der Waals surface area contributed by atoms with E-state index in [1.807, 2.05) is 0 Å². The van der Waals surface area contributed by atoms with E-state index in [0.717, 1.165) is 12.0 Å². The predicted molar refractivity (Wildman–Crippen MR) is 69.6 cm³/mol. The van der Waals surface area contributed by atoms with E-state index in [-0.39, 0.29) is 0 Å². The number of hydrogen-bond acceptors (Lipinski definition) is 2. The van der Waals surface area contributed by atoms with Gasteiger partial charge in [0.2, 0.25) is 0 Å². The quantitative estimate of drug-likeness (QED) is 0.792. The Hall–Kier alpha value is -0.0800. The number of nitrogens with zero attached hydrogens (tertiary/aromatic N) is 1. The van der Waals surface area contributed by atoms with Gasteiger partial charge < -0.3 is 10.2 Å². The maximum absolute atomic E-state index is 3.52. The summed E-state index contributed by atoms with van der Waals surface area (Å²) in [5.41, 5.74) is 0.559. The van der Waals surface area contributed by atoms with Crippen molar-refractivity contribution in [2.45, 2.75) is 52.0 Å². The van der Waals surface area contributed by atoms with Crippen molar-refractivity contribution in [3.63, 3.8) is 0 Å². The lowest BCUT2D eigenvalue weighted by atomic mass is 9.84. The highest BCUT2D eigenvalue weighted by molar-refractivity contribution is 4.87. The summed E-state index contributed by atoms with van der Waals surface area (Å²) in [7, 11) is 2.14. The summed E-state index contributed by atoms with van der Waals surface area (Å²) in [5, 5.41) is 3.52. The van der Waals surface area contributed by atoms with Gasteiger partial charge in [0.05, 0.1) is 0 Å². The zero-order chi connectivity index (χ0) is 11.6. The fourth-order valence-corrected chi connectivity index (χ4v) is 3.52. The zero-order valence-corrected chi connectivity index (χ0v) is 11.3. The van der Waals surface area contributed by atoms with Gasteiger partial charge in [0.15, 0.2) is 0 Å². The minimum Gasteiger partial charge on any atom is -0.317 e. The van der Waals surface area contributed by atoms with Gasteiger partial charge in [-0.15, -0.1) is 0 Å². The molecule has 0 radical (unpaired) electrons. The monoisotopic (exact) mass is 224 g/mol. The molecule has 1 aliphatic heterocycles. The molecular formula is C14H28N2. The average Bonchev–Trinajstić information content (AvgIpc) is 2.59. The standard InChI is InChI=1S/C14H28N2/c1-14(2)8-9-16(11-14)10-12-6-4-5-7-13(12)15-3/h12-13,15H,4-11H2,1-3H3. The summed E-state index contributed by atoms with van der Waals surface area (Å²) in [6.07, 6.45) is 7.07. The van der Waals surface area contributed by atoms with Crippen molar-refractivity contribution in [3.05, 3.63) is 0 Å². The van der Waals surface area contributed by atoms with Gasteiger partial charge >= 0.3 is 0 Å². The third-order valence-electron chi connectivity index (χ3n) is 4.53. The minimum absolute atomic E-state index is 0.559. The maximum atomic E-state index is 3.52. The molecule has 0 spiro atoms. The number of rotatable bonds is 3. The first-order valence-electron chi connectivity index (χ1n) is 7.00. The first-order valence-corrected chi connectivity index (χ1v) is 7.00. The molecule has 1 aliphatic carbocycles. The molecule has 2 atom stereocenters. The molecule has 2 fully saturated rings. The van der Waals surface area contributed by atoms with Crippen molar-refractivity contribution in [3.8, 4) is 0 Å². The van der Waals surface area contributed by atoms with E-state index in [2.05, 4.69) is 31.1 Å². The second kappa shape index (κ2) is 5.05. The summed E-state index contributed by atoms with van der Waals surface area (Å²) >= 11 is 0. The SMILES string of the molecule is CNC1CCCCC1CN1CCC(C)(C)C1. The summed E-state index contributed by atoms with van der Waals surface area (Å²) < 4.78 is 0. The molecule has 94 valence electrons. The van der Waals surface area contributed by atoms with Crippen molar-refractivity contribution >= 4 is 0 Å². The van der Waals surface area contributed by atoms with E-state index in [4.69, 9.17) is 0 Å². The lowest BCUT2D eigenvalue weighted by Gasteiger charge is -2.34. The Morgan fingerprint density at radius 1 is 1.25 bits per heavy atom. The second-order valence-electron chi connectivity index (χ2n) is 6.59. The summed E-state index contributed by atoms with van der Waals surface area (Å²) in [5.74, 6) is 0.896. The summed E-state index contributed by atoms with van der Waals surface area (Å²) in [4.78, 5) is 2.69. The molecule has 16 heavy (non-hydrogen) atoms. The fourth-order valence-electron chi connectivity index (χ4n) is 3.52. The van der Waals surface area contributed by atoms with Crippen molar-refractivity contribution in [1.82, 2.24) is 10.2 Å². The number of nitrogens with one attached hydrogen (secondary N) is 1. The molecule has 2 nitrogen and oxygen atoms in total. The number of likely N-dealkylation sites (tertiary alicyclic amines) is 1. The molecule has 0 aromatic rings. The van der Waals surface area contributed by atoms with Crippen LogP contribution in [0.2, 0.25) is 0 Å². The van der Waals surface area contributed by atoms with E-state index in [9.17, 15) is 0 Å². The molecule has 1 N–H and O–H groups in total. The Morgan fingerprint density at radius 3 is 2.62 bits per heavy atom. The largest absolute Gasteiger partial charge is 0.317 e. The van der Waals surface area contributed by atoms with Crippen LogP contribution in [0.1, 0.15) is 46.0 Å². The van der Waals surface area contributed by atoms with E-state index in [1.54, 1.807) is 0 Å². The first-order chi connectivity index (χ1) is 7.61. The van der Waals surface area contributed by atoms with E-state index >= 15 is 0 Å². The Bertz CT molecular complexity index is 225. The molecule has 1 heterocycles. The van der Waals surface area contributed by atoms with E-state index < -0.39 is 0 Å². The Morgan fingerprint density at radius 2 is 2.00 bits per heavy atom. The van der Waals surface area contributed by atoms with Gasteiger partial charge in [-0.2, -0.15) is 0 Å². The van der Waals surface area contributed by atoms with Crippen LogP contribution < -0.4 is 5.32 Å². The maximum Gasteiger partial charge on any atom is 0.0104 e. The molecule has 0 aromatic carbocycles. The van der Waals surface area contributed by atoms with Gasteiger partial charge in [0.1, 0.15) is 0 Å². The van der Waals surface area contributed by atoms with E-state index in [0.29, 0.717) is 5.41 Å². The van der Waals surface area contributed by atoms with Crippen LogP contribution in [0.25, 0.3) is 0 Å². The topological polar surface area (TPSA) is 15.3 Å². The van der Waals surface area contributed by atoms with Crippen LogP contribution in [-0.4, -0.2) is 37.6 Å². The average molecular weight is 224 g/mol. The smallest absolute Gasteiger partial charge is 0.0104 e. The third kappa shape index (κ3) is 2.98. The van der Waals surface area contributed by atoms with Crippen LogP contribution in [0, 0.1) is 11.3 Å². The molecule has 1 saturated heterocycles. The Kier molecular flexibility index (Phi) is 3.91. The molecular weight excluding hydrogens is 196 g/mol. The predicted octanol–water partition coefficient (Wildman–Crippen LogP) is 2.50. The lowest BCUT2D eigenvalue weighted by Crippen LogP contribution is -2.42. The highest BCUT2D eigenvalue weighted by atomic mass is 15.2. The normalized spacial score (nSPS) is 35.4. The van der Waals surface area contributed by atoms with Crippen molar-refractivity contribution in [1.29, 1.82) is 0 Å². The highest BCUT2D eigenvalue weighted by Gasteiger charge is 2.32. The van der Waals surface area contributed by atoms with Crippen molar-refractivity contribution in [2.75, 3.05) is 26.7 Å². The number of hydrogen-bond donors (Lipinski definition) is 1. The van der Waals surface area contributed by atoms with Crippen LogP contribution in [0.4, 0.5) is 0 Å². The Labute approximate surface area is 101 Å². The van der Waals surface area contributed by atoms with Gasteiger partial charge in [-0.3, -0.25) is 0 Å². The molecule has 2 aliphatic rings. The molecule has 2 rings (SSSR count). The van der Waals surface area contributed by atoms with Crippen molar-refractivity contribution in [2.24, 2.45) is 11.3 Å². The van der Waals surface area contributed by atoms with Crippen LogP contribution >= 0.6 is 0 Å². The van der Waals surface area contributed by atoms with Crippen LogP contribution in [-0.2, 0) is 0 Å². The van der Waals surface area contributed by atoms with Crippen LogP contribution in [0.5, 0.6) is 0 Å². The molecule has 1 saturated carbocycles. The second-order valence-corrected chi connectivity index (χ2v) is 6.59. The van der Waals surface area contributed by atoms with Crippen LogP contribution in [0.3, 0.4) is 0 Å². The Balaban J connectivity index is 1.84. The highest BCUT2D eigenvalue weighted by Crippen LogP contribution is 2.32. The lowest BCUT2D eigenvalue weighted by molar-refractivity contribution is 0.184. The van der Waals surface area contributed by atoms with Gasteiger partial charge in [0, 0.05) is 19.1 Å². The fraction of sp³-hybridized carbons (Fsp3) is 1.00. The molecule has 2 heteroatoms.